The van der Waals surface area contributed by atoms with Crippen LogP contribution in [0.15, 0.2) is 61.2 Å². The van der Waals surface area contributed by atoms with Gasteiger partial charge in [0.05, 0.1) is 23.9 Å². The van der Waals surface area contributed by atoms with Gasteiger partial charge in [-0.15, -0.1) is 0 Å². The van der Waals surface area contributed by atoms with Gasteiger partial charge in [-0.25, -0.2) is 0 Å². The molecule has 2 heterocycles. The minimum Gasteiger partial charge on any atom is -0.495 e. The molecule has 28 heavy (non-hydrogen) atoms. The fourth-order valence-electron chi connectivity index (χ4n) is 2.59. The molecule has 0 saturated carbocycles. The molecule has 0 spiro atoms. The highest BCUT2D eigenvalue weighted by molar-refractivity contribution is 6.06. The van der Waals surface area contributed by atoms with Crippen molar-refractivity contribution in [3.8, 4) is 5.75 Å². The first-order chi connectivity index (χ1) is 13.6. The highest BCUT2D eigenvalue weighted by Gasteiger charge is 2.13. The molecule has 7 nitrogen and oxygen atoms in total. The van der Waals surface area contributed by atoms with Crippen LogP contribution in [0.5, 0.6) is 5.75 Å². The van der Waals surface area contributed by atoms with E-state index in [0.717, 1.165) is 11.1 Å². The zero-order valence-corrected chi connectivity index (χ0v) is 15.6. The van der Waals surface area contributed by atoms with E-state index in [1.165, 1.54) is 25.6 Å². The average Bonchev–Trinajstić information content (AvgIpc) is 2.73. The number of rotatable bonds is 6. The van der Waals surface area contributed by atoms with E-state index < -0.39 is 0 Å². The second-order valence-electron chi connectivity index (χ2n) is 6.16. The Morgan fingerprint density at radius 1 is 1.00 bits per heavy atom. The number of methoxy groups -OCH3 is 1. The molecule has 3 rings (SSSR count). The first-order valence-electron chi connectivity index (χ1n) is 8.65. The van der Waals surface area contributed by atoms with Crippen molar-refractivity contribution in [1.82, 2.24) is 15.3 Å². The van der Waals surface area contributed by atoms with Gasteiger partial charge in [0.15, 0.2) is 0 Å². The molecule has 3 aromatic rings. The maximum atomic E-state index is 12.6. The zero-order chi connectivity index (χ0) is 19.9. The van der Waals surface area contributed by atoms with Crippen LogP contribution in [0.2, 0.25) is 0 Å². The number of carbonyl (C=O) groups excluding carboxylic acids is 2. The van der Waals surface area contributed by atoms with E-state index in [0.29, 0.717) is 23.5 Å². The van der Waals surface area contributed by atoms with Crippen LogP contribution in [0.3, 0.4) is 0 Å². The molecule has 7 heteroatoms. The number of aromatic nitrogens is 2. The van der Waals surface area contributed by atoms with E-state index in [-0.39, 0.29) is 17.4 Å². The molecule has 142 valence electrons. The molecule has 0 aliphatic carbocycles. The molecule has 0 atom stereocenters. The van der Waals surface area contributed by atoms with Gasteiger partial charge in [0.1, 0.15) is 5.75 Å². The van der Waals surface area contributed by atoms with Crippen LogP contribution in [0.25, 0.3) is 0 Å². The molecule has 0 radical (unpaired) electrons. The number of nitrogens with one attached hydrogen (secondary N) is 2. The Balaban J connectivity index is 1.71. The molecular formula is C21H20N4O3. The molecule has 2 aromatic heterocycles. The van der Waals surface area contributed by atoms with E-state index in [4.69, 9.17) is 4.74 Å². The van der Waals surface area contributed by atoms with E-state index >= 15 is 0 Å². The predicted octanol–water partition coefficient (Wildman–Crippen LogP) is 2.98. The number of carbonyl (C=O) groups is 2. The molecule has 1 aromatic carbocycles. The van der Waals surface area contributed by atoms with Gasteiger partial charge in [0, 0.05) is 31.3 Å². The van der Waals surface area contributed by atoms with Gasteiger partial charge in [0.2, 0.25) is 0 Å². The number of aryl methyl sites for hydroxylation is 1. The van der Waals surface area contributed by atoms with E-state index in [1.54, 1.807) is 24.5 Å². The summed E-state index contributed by atoms with van der Waals surface area (Å²) in [7, 11) is 1.54. The van der Waals surface area contributed by atoms with Crippen LogP contribution >= 0.6 is 0 Å². The summed E-state index contributed by atoms with van der Waals surface area (Å²) >= 11 is 0. The van der Waals surface area contributed by atoms with Gasteiger partial charge in [-0.3, -0.25) is 19.6 Å². The maximum absolute atomic E-state index is 12.6. The third kappa shape index (κ3) is 4.70. The molecule has 0 saturated heterocycles. The van der Waals surface area contributed by atoms with E-state index in [1.807, 2.05) is 25.1 Å². The molecule has 0 bridgehead atoms. The summed E-state index contributed by atoms with van der Waals surface area (Å²) in [6, 6.07) is 10.7. The number of nitrogens with zero attached hydrogens (tertiary/aromatic N) is 2. The summed E-state index contributed by atoms with van der Waals surface area (Å²) in [6.07, 6.45) is 6.18. The lowest BCUT2D eigenvalue weighted by Gasteiger charge is -2.11. The van der Waals surface area contributed by atoms with Crippen molar-refractivity contribution < 1.29 is 14.3 Å². The number of amides is 2. The fourth-order valence-corrected chi connectivity index (χ4v) is 2.59. The van der Waals surface area contributed by atoms with Crippen LogP contribution in [0.1, 0.15) is 31.8 Å². The Bertz CT molecular complexity index is 990. The summed E-state index contributed by atoms with van der Waals surface area (Å²) in [4.78, 5) is 33.0. The quantitative estimate of drug-likeness (QED) is 0.690. The molecule has 0 unspecified atom stereocenters. The van der Waals surface area contributed by atoms with Crippen molar-refractivity contribution in [3.63, 3.8) is 0 Å². The number of hydrogen-bond donors (Lipinski definition) is 2. The minimum atomic E-state index is -0.377. The first-order valence-corrected chi connectivity index (χ1v) is 8.65. The maximum Gasteiger partial charge on any atom is 0.257 e. The van der Waals surface area contributed by atoms with Crippen molar-refractivity contribution in [3.05, 3.63) is 83.4 Å². The van der Waals surface area contributed by atoms with Crippen LogP contribution in [0, 0.1) is 6.92 Å². The predicted molar refractivity (Wildman–Crippen MR) is 105 cm³/mol. The first kappa shape index (κ1) is 19.0. The van der Waals surface area contributed by atoms with Crippen LogP contribution in [-0.4, -0.2) is 28.9 Å². The van der Waals surface area contributed by atoms with Gasteiger partial charge in [-0.2, -0.15) is 0 Å². The lowest BCUT2D eigenvalue weighted by atomic mass is 10.1. The molecule has 0 fully saturated rings. The summed E-state index contributed by atoms with van der Waals surface area (Å²) in [5.74, 6) is -0.144. The molecule has 0 aliphatic rings. The summed E-state index contributed by atoms with van der Waals surface area (Å²) in [5.41, 5.74) is 2.99. The number of hydrogen-bond acceptors (Lipinski definition) is 5. The number of pyridine rings is 2. The number of benzene rings is 1. The van der Waals surface area contributed by atoms with Gasteiger partial charge in [-0.1, -0.05) is 12.1 Å². The monoisotopic (exact) mass is 376 g/mol. The number of ether oxygens (including phenoxy) is 1. The molecule has 0 aliphatic heterocycles. The Labute approximate surface area is 162 Å². The smallest absolute Gasteiger partial charge is 0.257 e. The van der Waals surface area contributed by atoms with E-state index in [9.17, 15) is 9.59 Å². The molecular weight excluding hydrogens is 356 g/mol. The third-order valence-corrected chi connectivity index (χ3v) is 4.04. The van der Waals surface area contributed by atoms with Crippen molar-refractivity contribution in [2.24, 2.45) is 0 Å². The summed E-state index contributed by atoms with van der Waals surface area (Å²) in [5, 5.41) is 5.58. The lowest BCUT2D eigenvalue weighted by molar-refractivity contribution is 0.0950. The molecule has 2 N–H and O–H groups in total. The standard InChI is InChI=1S/C21H20N4O3/c1-14-5-6-19(28-2)18(8-14)25-21(27)17-9-16(12-23-13-17)20(26)24-11-15-4-3-7-22-10-15/h3-10,12-13H,11H2,1-2H3,(H,24,26)(H,25,27). The molecule has 2 amide bonds. The van der Waals surface area contributed by atoms with Gasteiger partial charge in [-0.05, 0) is 42.3 Å². The van der Waals surface area contributed by atoms with Crippen LogP contribution < -0.4 is 15.4 Å². The number of anilines is 1. The Hall–Kier alpha value is -3.74. The Morgan fingerprint density at radius 3 is 2.50 bits per heavy atom. The highest BCUT2D eigenvalue weighted by atomic mass is 16.5. The second-order valence-corrected chi connectivity index (χ2v) is 6.16. The summed E-state index contributed by atoms with van der Waals surface area (Å²) in [6.45, 7) is 2.26. The van der Waals surface area contributed by atoms with Crippen LogP contribution in [-0.2, 0) is 6.54 Å². The largest absolute Gasteiger partial charge is 0.495 e. The third-order valence-electron chi connectivity index (χ3n) is 4.04. The summed E-state index contributed by atoms with van der Waals surface area (Å²) < 4.78 is 5.27. The fraction of sp³-hybridized carbons (Fsp3) is 0.143. The minimum absolute atomic E-state index is 0.276. The normalized spacial score (nSPS) is 10.2. The van der Waals surface area contributed by atoms with Crippen molar-refractivity contribution >= 4 is 17.5 Å². The highest BCUT2D eigenvalue weighted by Crippen LogP contribution is 2.25. The SMILES string of the molecule is COc1ccc(C)cc1NC(=O)c1cncc(C(=O)NCc2cccnc2)c1. The van der Waals surface area contributed by atoms with Crippen LogP contribution in [0.4, 0.5) is 5.69 Å². The van der Waals surface area contributed by atoms with Gasteiger partial charge < -0.3 is 15.4 Å². The second kappa shape index (κ2) is 8.77. The van der Waals surface area contributed by atoms with Crippen molar-refractivity contribution in [2.45, 2.75) is 13.5 Å². The Morgan fingerprint density at radius 2 is 1.79 bits per heavy atom. The van der Waals surface area contributed by atoms with E-state index in [2.05, 4.69) is 20.6 Å². The topological polar surface area (TPSA) is 93.2 Å². The average molecular weight is 376 g/mol. The van der Waals surface area contributed by atoms with Crippen molar-refractivity contribution in [1.29, 1.82) is 0 Å². The van der Waals surface area contributed by atoms with Gasteiger partial charge in [0.25, 0.3) is 11.8 Å². The van der Waals surface area contributed by atoms with Gasteiger partial charge >= 0.3 is 0 Å². The lowest BCUT2D eigenvalue weighted by Crippen LogP contribution is -2.23. The van der Waals surface area contributed by atoms with Crippen molar-refractivity contribution in [2.75, 3.05) is 12.4 Å². The Kier molecular flexibility index (Phi) is 5.96. The zero-order valence-electron chi connectivity index (χ0n) is 15.6.